The molecule has 8 heteroatoms. The standard InChI is InChI=1S/C22H28N2O6/c1-22(2,3)30-20(27)18-16(15(11-25)12-26)9-10-17(19(18)23)24-21(28)29-13-14-7-5-4-6-8-14/h4-10,15,25-26H,11-13,23H2,1-3H3,(H,24,28). The molecule has 0 aromatic heterocycles. The van der Waals surface area contributed by atoms with Gasteiger partial charge in [0, 0.05) is 5.92 Å². The Kier molecular flexibility index (Phi) is 7.79. The monoisotopic (exact) mass is 416 g/mol. The van der Waals surface area contributed by atoms with Gasteiger partial charge < -0.3 is 25.4 Å². The molecule has 8 nitrogen and oxygen atoms in total. The van der Waals surface area contributed by atoms with Crippen LogP contribution in [0.15, 0.2) is 42.5 Å². The Morgan fingerprint density at radius 3 is 2.27 bits per heavy atom. The van der Waals surface area contributed by atoms with E-state index in [1.54, 1.807) is 20.8 Å². The lowest BCUT2D eigenvalue weighted by Gasteiger charge is -2.24. The lowest BCUT2D eigenvalue weighted by atomic mass is 9.93. The number of nitrogens with one attached hydrogen (secondary N) is 1. The average Bonchev–Trinajstić information content (AvgIpc) is 2.68. The third-order valence-corrected chi connectivity index (χ3v) is 4.21. The molecule has 30 heavy (non-hydrogen) atoms. The topological polar surface area (TPSA) is 131 Å². The summed E-state index contributed by atoms with van der Waals surface area (Å²) in [4.78, 5) is 25.0. The number of hydrogen-bond acceptors (Lipinski definition) is 7. The number of nitrogen functional groups attached to an aromatic ring is 1. The van der Waals surface area contributed by atoms with Crippen LogP contribution in [0.3, 0.4) is 0 Å². The van der Waals surface area contributed by atoms with Crippen molar-refractivity contribution in [2.24, 2.45) is 0 Å². The van der Waals surface area contributed by atoms with Gasteiger partial charge in [-0.1, -0.05) is 36.4 Å². The fourth-order valence-corrected chi connectivity index (χ4v) is 2.77. The van der Waals surface area contributed by atoms with Gasteiger partial charge in [0.1, 0.15) is 12.2 Å². The number of hydrogen-bond donors (Lipinski definition) is 4. The number of ether oxygens (including phenoxy) is 2. The number of benzene rings is 2. The summed E-state index contributed by atoms with van der Waals surface area (Å²) in [6, 6.07) is 12.2. The van der Waals surface area contributed by atoms with Crippen LogP contribution in [0, 0.1) is 0 Å². The Hall–Kier alpha value is -3.10. The normalized spacial score (nSPS) is 11.3. The van der Waals surface area contributed by atoms with Gasteiger partial charge in [0.15, 0.2) is 0 Å². The van der Waals surface area contributed by atoms with E-state index in [0.29, 0.717) is 5.56 Å². The van der Waals surface area contributed by atoms with Crippen molar-refractivity contribution in [1.29, 1.82) is 0 Å². The molecule has 0 aliphatic carbocycles. The number of amides is 1. The number of aliphatic hydroxyl groups is 2. The zero-order valence-corrected chi connectivity index (χ0v) is 17.3. The molecule has 0 spiro atoms. The second-order valence-corrected chi connectivity index (χ2v) is 7.74. The first-order valence-corrected chi connectivity index (χ1v) is 9.51. The summed E-state index contributed by atoms with van der Waals surface area (Å²) in [5.41, 5.74) is 6.64. The van der Waals surface area contributed by atoms with Crippen LogP contribution in [-0.4, -0.2) is 41.1 Å². The molecule has 2 aromatic rings. The molecule has 0 unspecified atom stereocenters. The fraction of sp³-hybridized carbons (Fsp3) is 0.364. The minimum atomic E-state index is -0.785. The second kappa shape index (κ2) is 10.1. The maximum Gasteiger partial charge on any atom is 0.412 e. The summed E-state index contributed by atoms with van der Waals surface area (Å²) in [6.45, 7) is 4.41. The van der Waals surface area contributed by atoms with E-state index in [2.05, 4.69) is 5.32 Å². The first-order valence-electron chi connectivity index (χ1n) is 9.51. The molecule has 162 valence electrons. The molecule has 0 aliphatic heterocycles. The van der Waals surface area contributed by atoms with Crippen molar-refractivity contribution in [3.63, 3.8) is 0 Å². The zero-order chi connectivity index (χ0) is 22.3. The van der Waals surface area contributed by atoms with Gasteiger partial charge in [-0.3, -0.25) is 5.32 Å². The molecule has 0 radical (unpaired) electrons. The molecule has 0 atom stereocenters. The van der Waals surface area contributed by atoms with Crippen LogP contribution in [0.4, 0.5) is 16.2 Å². The predicted molar refractivity (Wildman–Crippen MR) is 113 cm³/mol. The maximum absolute atomic E-state index is 12.8. The van der Waals surface area contributed by atoms with Crippen LogP contribution in [-0.2, 0) is 16.1 Å². The molecule has 0 aliphatic rings. The molecule has 1 amide bonds. The predicted octanol–water partition coefficient (Wildman–Crippen LogP) is 3.04. The number of carbonyl (C=O) groups is 2. The number of carbonyl (C=O) groups excluding carboxylic acids is 2. The summed E-state index contributed by atoms with van der Waals surface area (Å²) in [5.74, 6) is -1.45. The van der Waals surface area contributed by atoms with E-state index in [-0.39, 0.29) is 23.5 Å². The minimum absolute atomic E-state index is 0.0149. The summed E-state index contributed by atoms with van der Waals surface area (Å²) in [6.07, 6.45) is -0.741. The van der Waals surface area contributed by atoms with Gasteiger partial charge in [0.2, 0.25) is 0 Å². The lowest BCUT2D eigenvalue weighted by Crippen LogP contribution is -2.27. The van der Waals surface area contributed by atoms with Crippen molar-refractivity contribution in [3.8, 4) is 0 Å². The highest BCUT2D eigenvalue weighted by Gasteiger charge is 2.27. The first-order chi connectivity index (χ1) is 14.2. The molecular weight excluding hydrogens is 388 g/mol. The SMILES string of the molecule is CC(C)(C)OC(=O)c1c(C(CO)CO)ccc(NC(=O)OCc2ccccc2)c1N. The van der Waals surface area contributed by atoms with Crippen LogP contribution >= 0.6 is 0 Å². The highest BCUT2D eigenvalue weighted by Crippen LogP contribution is 2.32. The van der Waals surface area contributed by atoms with E-state index >= 15 is 0 Å². The number of aliphatic hydroxyl groups excluding tert-OH is 2. The summed E-state index contributed by atoms with van der Waals surface area (Å²) in [5, 5.41) is 21.6. The molecule has 5 N–H and O–H groups in total. The van der Waals surface area contributed by atoms with Gasteiger partial charge in [0.05, 0.1) is 30.2 Å². The molecular formula is C22H28N2O6. The Morgan fingerprint density at radius 1 is 1.07 bits per heavy atom. The fourth-order valence-electron chi connectivity index (χ4n) is 2.77. The van der Waals surface area contributed by atoms with Gasteiger partial charge in [-0.15, -0.1) is 0 Å². The zero-order valence-electron chi connectivity index (χ0n) is 17.3. The second-order valence-electron chi connectivity index (χ2n) is 7.74. The summed E-state index contributed by atoms with van der Waals surface area (Å²) < 4.78 is 10.6. The van der Waals surface area contributed by atoms with Crippen molar-refractivity contribution in [2.75, 3.05) is 24.3 Å². The van der Waals surface area contributed by atoms with E-state index in [9.17, 15) is 19.8 Å². The van der Waals surface area contributed by atoms with Crippen molar-refractivity contribution in [3.05, 3.63) is 59.2 Å². The third kappa shape index (κ3) is 6.20. The van der Waals surface area contributed by atoms with Gasteiger partial charge in [-0.05, 0) is 38.0 Å². The lowest BCUT2D eigenvalue weighted by molar-refractivity contribution is 0.00684. The smallest absolute Gasteiger partial charge is 0.412 e. The largest absolute Gasteiger partial charge is 0.456 e. The highest BCUT2D eigenvalue weighted by molar-refractivity contribution is 6.02. The molecule has 2 aromatic carbocycles. The van der Waals surface area contributed by atoms with Crippen molar-refractivity contribution < 1.29 is 29.3 Å². The molecule has 2 rings (SSSR count). The molecule has 0 fully saturated rings. The van der Waals surface area contributed by atoms with Gasteiger partial charge >= 0.3 is 12.1 Å². The van der Waals surface area contributed by atoms with Gasteiger partial charge in [-0.2, -0.15) is 0 Å². The van der Waals surface area contributed by atoms with Gasteiger partial charge in [-0.25, -0.2) is 9.59 Å². The van der Waals surface area contributed by atoms with Gasteiger partial charge in [0.25, 0.3) is 0 Å². The number of nitrogens with two attached hydrogens (primary N) is 1. The highest BCUT2D eigenvalue weighted by atomic mass is 16.6. The maximum atomic E-state index is 12.8. The first kappa shape index (κ1) is 23.2. The average molecular weight is 416 g/mol. The van der Waals surface area contributed by atoms with E-state index in [1.807, 2.05) is 30.3 Å². The van der Waals surface area contributed by atoms with Crippen molar-refractivity contribution >= 4 is 23.4 Å². The summed E-state index contributed by atoms with van der Waals surface area (Å²) >= 11 is 0. The number of anilines is 2. The molecule has 0 saturated heterocycles. The van der Waals surface area contributed by atoms with Crippen LogP contribution in [0.2, 0.25) is 0 Å². The number of esters is 1. The summed E-state index contributed by atoms with van der Waals surface area (Å²) in [7, 11) is 0. The van der Waals surface area contributed by atoms with Crippen LogP contribution in [0.5, 0.6) is 0 Å². The van der Waals surface area contributed by atoms with Crippen LogP contribution in [0.25, 0.3) is 0 Å². The van der Waals surface area contributed by atoms with E-state index in [4.69, 9.17) is 15.2 Å². The Balaban J connectivity index is 2.28. The van der Waals surface area contributed by atoms with Crippen molar-refractivity contribution in [2.45, 2.75) is 38.9 Å². The van der Waals surface area contributed by atoms with Crippen LogP contribution < -0.4 is 11.1 Å². The Morgan fingerprint density at radius 2 is 1.70 bits per heavy atom. The molecule has 0 heterocycles. The van der Waals surface area contributed by atoms with E-state index < -0.39 is 36.8 Å². The quantitative estimate of drug-likeness (QED) is 0.403. The van der Waals surface area contributed by atoms with Crippen molar-refractivity contribution in [1.82, 2.24) is 0 Å². The Labute approximate surface area is 175 Å². The van der Waals surface area contributed by atoms with E-state index in [0.717, 1.165) is 5.56 Å². The molecule has 0 saturated carbocycles. The Bertz CT molecular complexity index is 873. The number of rotatable bonds is 7. The third-order valence-electron chi connectivity index (χ3n) is 4.21. The van der Waals surface area contributed by atoms with Crippen LogP contribution in [0.1, 0.15) is 48.2 Å². The van der Waals surface area contributed by atoms with E-state index in [1.165, 1.54) is 12.1 Å². The molecule has 0 bridgehead atoms. The minimum Gasteiger partial charge on any atom is -0.456 e.